The van der Waals surface area contributed by atoms with Crippen LogP contribution in [-0.4, -0.2) is 0 Å². The summed E-state index contributed by atoms with van der Waals surface area (Å²) in [6.07, 6.45) is 2.20. The molecule has 0 unspecified atom stereocenters. The zero-order valence-corrected chi connectivity index (χ0v) is 8.95. The fourth-order valence-corrected chi connectivity index (χ4v) is 1.44. The van der Waals surface area contributed by atoms with Crippen molar-refractivity contribution in [2.24, 2.45) is 0 Å². The number of halogens is 2. The minimum absolute atomic E-state index is 0.242. The molecule has 0 spiro atoms. The average molecular weight is 287 g/mol. The molecular formula is C10H7FIN. The Morgan fingerprint density at radius 3 is 2.62 bits per heavy atom. The number of rotatable bonds is 2. The molecule has 66 valence electrons. The number of nitriles is 1. The van der Waals surface area contributed by atoms with Crippen molar-refractivity contribution < 1.29 is 4.39 Å². The van der Waals surface area contributed by atoms with Gasteiger partial charge in [0, 0.05) is 3.58 Å². The van der Waals surface area contributed by atoms with E-state index < -0.39 is 0 Å². The van der Waals surface area contributed by atoms with Gasteiger partial charge in [0.15, 0.2) is 0 Å². The van der Waals surface area contributed by atoms with Gasteiger partial charge in [0.2, 0.25) is 0 Å². The van der Waals surface area contributed by atoms with Gasteiger partial charge in [0.1, 0.15) is 5.82 Å². The van der Waals surface area contributed by atoms with E-state index in [9.17, 15) is 4.39 Å². The third-order valence-corrected chi connectivity index (χ3v) is 2.56. The maximum absolute atomic E-state index is 12.5. The van der Waals surface area contributed by atoms with E-state index in [1.54, 1.807) is 12.1 Å². The van der Waals surface area contributed by atoms with E-state index in [0.717, 1.165) is 9.14 Å². The molecule has 0 heterocycles. The van der Waals surface area contributed by atoms with Crippen molar-refractivity contribution in [2.45, 2.75) is 6.42 Å². The van der Waals surface area contributed by atoms with Gasteiger partial charge in [-0.1, -0.05) is 18.2 Å². The summed E-state index contributed by atoms with van der Waals surface area (Å²) in [7, 11) is 0. The maximum Gasteiger partial charge on any atom is 0.123 e. The molecule has 0 aliphatic heterocycles. The molecule has 3 heteroatoms. The second-order valence-electron chi connectivity index (χ2n) is 2.42. The van der Waals surface area contributed by atoms with Gasteiger partial charge in [-0.2, -0.15) is 5.26 Å². The Morgan fingerprint density at radius 1 is 1.46 bits per heavy atom. The third-order valence-electron chi connectivity index (χ3n) is 1.49. The largest absolute Gasteiger partial charge is 0.207 e. The number of hydrogen-bond acceptors (Lipinski definition) is 1. The number of allylic oxidation sites excluding steroid dienone is 1. The van der Waals surface area contributed by atoms with Crippen molar-refractivity contribution >= 4 is 26.2 Å². The molecular weight excluding hydrogens is 280 g/mol. The lowest BCUT2D eigenvalue weighted by molar-refractivity contribution is 0.628. The minimum atomic E-state index is -0.242. The van der Waals surface area contributed by atoms with Gasteiger partial charge in [-0.25, -0.2) is 4.39 Å². The van der Waals surface area contributed by atoms with Crippen LogP contribution in [0.1, 0.15) is 12.0 Å². The van der Waals surface area contributed by atoms with Crippen molar-refractivity contribution in [3.05, 3.63) is 41.7 Å². The van der Waals surface area contributed by atoms with Crippen molar-refractivity contribution in [3.8, 4) is 6.07 Å². The Labute approximate surface area is 90.0 Å². The van der Waals surface area contributed by atoms with Crippen molar-refractivity contribution in [2.75, 3.05) is 0 Å². The summed E-state index contributed by atoms with van der Waals surface area (Å²) in [6, 6.07) is 8.25. The van der Waals surface area contributed by atoms with E-state index in [1.807, 2.05) is 12.1 Å². The van der Waals surface area contributed by atoms with Crippen molar-refractivity contribution in [1.29, 1.82) is 5.26 Å². The van der Waals surface area contributed by atoms with Crippen LogP contribution in [0.25, 0.3) is 3.58 Å². The lowest BCUT2D eigenvalue weighted by atomic mass is 10.2. The second kappa shape index (κ2) is 4.97. The van der Waals surface area contributed by atoms with Gasteiger partial charge in [0.25, 0.3) is 0 Å². The monoisotopic (exact) mass is 287 g/mol. The molecule has 0 saturated heterocycles. The lowest BCUT2D eigenvalue weighted by Crippen LogP contribution is -1.77. The topological polar surface area (TPSA) is 23.8 Å². The standard InChI is InChI=1S/C10H7FIN/c11-9-5-3-8(4-6-9)10(12)2-1-7-13/h2-6H,1H2/b10-2+. The highest BCUT2D eigenvalue weighted by Gasteiger charge is 1.96. The lowest BCUT2D eigenvalue weighted by Gasteiger charge is -1.97. The minimum Gasteiger partial charge on any atom is -0.207 e. The molecule has 0 fully saturated rings. The summed E-state index contributed by atoms with van der Waals surface area (Å²) in [5, 5.41) is 8.35. The van der Waals surface area contributed by atoms with E-state index >= 15 is 0 Å². The summed E-state index contributed by atoms with van der Waals surface area (Å²) in [5.41, 5.74) is 0.942. The molecule has 1 nitrogen and oxygen atoms in total. The van der Waals surface area contributed by atoms with Gasteiger partial charge in [-0.3, -0.25) is 0 Å². The summed E-state index contributed by atoms with van der Waals surface area (Å²) in [4.78, 5) is 0. The summed E-state index contributed by atoms with van der Waals surface area (Å²) < 4.78 is 13.5. The quantitative estimate of drug-likeness (QED) is 0.763. The molecule has 0 saturated carbocycles. The highest BCUT2D eigenvalue weighted by molar-refractivity contribution is 14.1. The van der Waals surface area contributed by atoms with Crippen LogP contribution in [-0.2, 0) is 0 Å². The summed E-state index contributed by atoms with van der Waals surface area (Å²) >= 11 is 2.13. The smallest absolute Gasteiger partial charge is 0.123 e. The van der Waals surface area contributed by atoms with Gasteiger partial charge in [0.05, 0.1) is 12.5 Å². The normalized spacial score (nSPS) is 11.0. The Morgan fingerprint density at radius 2 is 2.08 bits per heavy atom. The van der Waals surface area contributed by atoms with Crippen LogP contribution in [0.2, 0.25) is 0 Å². The molecule has 0 N–H and O–H groups in total. The SMILES string of the molecule is N#CC/C=C(/I)c1ccc(F)cc1. The Bertz CT molecular complexity index is 348. The van der Waals surface area contributed by atoms with E-state index in [1.165, 1.54) is 12.1 Å². The number of benzene rings is 1. The average Bonchev–Trinajstić information content (AvgIpc) is 2.15. The third kappa shape index (κ3) is 3.15. The van der Waals surface area contributed by atoms with E-state index in [4.69, 9.17) is 5.26 Å². The molecule has 1 aromatic carbocycles. The fraction of sp³-hybridized carbons (Fsp3) is 0.100. The molecule has 1 rings (SSSR count). The number of hydrogen-bond donors (Lipinski definition) is 0. The van der Waals surface area contributed by atoms with Crippen LogP contribution in [0.15, 0.2) is 30.3 Å². The molecule has 0 radical (unpaired) electrons. The van der Waals surface area contributed by atoms with Gasteiger partial charge in [-0.05, 0) is 40.3 Å². The Kier molecular flexibility index (Phi) is 3.90. The van der Waals surface area contributed by atoms with E-state index in [-0.39, 0.29) is 5.82 Å². The molecule has 0 aromatic heterocycles. The summed E-state index contributed by atoms with van der Waals surface area (Å²) in [5.74, 6) is -0.242. The Hall–Kier alpha value is -0.890. The molecule has 0 amide bonds. The van der Waals surface area contributed by atoms with E-state index in [0.29, 0.717) is 6.42 Å². The predicted molar refractivity (Wildman–Crippen MR) is 58.6 cm³/mol. The van der Waals surface area contributed by atoms with Crippen LogP contribution in [0.3, 0.4) is 0 Å². The first kappa shape index (κ1) is 10.2. The fourth-order valence-electron chi connectivity index (χ4n) is 0.862. The molecule has 1 aromatic rings. The molecule has 13 heavy (non-hydrogen) atoms. The van der Waals surface area contributed by atoms with Gasteiger partial charge in [-0.15, -0.1) is 0 Å². The summed E-state index contributed by atoms with van der Waals surface area (Å²) in [6.45, 7) is 0. The van der Waals surface area contributed by atoms with Gasteiger partial charge < -0.3 is 0 Å². The van der Waals surface area contributed by atoms with Crippen LogP contribution in [0, 0.1) is 17.1 Å². The molecule has 0 bridgehead atoms. The van der Waals surface area contributed by atoms with Crippen LogP contribution in [0.4, 0.5) is 4.39 Å². The second-order valence-corrected chi connectivity index (χ2v) is 3.58. The maximum atomic E-state index is 12.5. The predicted octanol–water partition coefficient (Wildman–Crippen LogP) is 3.52. The molecule has 0 aliphatic carbocycles. The van der Waals surface area contributed by atoms with Gasteiger partial charge >= 0.3 is 0 Å². The zero-order valence-electron chi connectivity index (χ0n) is 6.80. The van der Waals surface area contributed by atoms with Crippen molar-refractivity contribution in [3.63, 3.8) is 0 Å². The van der Waals surface area contributed by atoms with Crippen LogP contribution < -0.4 is 0 Å². The van der Waals surface area contributed by atoms with Crippen molar-refractivity contribution in [1.82, 2.24) is 0 Å². The Balaban J connectivity index is 2.84. The molecule has 0 aliphatic rings. The first-order chi connectivity index (χ1) is 6.24. The van der Waals surface area contributed by atoms with Crippen LogP contribution in [0.5, 0.6) is 0 Å². The first-order valence-corrected chi connectivity index (χ1v) is 4.80. The highest BCUT2D eigenvalue weighted by Crippen LogP contribution is 2.22. The number of nitrogens with zero attached hydrogens (tertiary/aromatic N) is 1. The van der Waals surface area contributed by atoms with Crippen LogP contribution >= 0.6 is 22.6 Å². The molecule has 0 atom stereocenters. The highest BCUT2D eigenvalue weighted by atomic mass is 127. The zero-order chi connectivity index (χ0) is 9.68. The first-order valence-electron chi connectivity index (χ1n) is 3.72. The van der Waals surface area contributed by atoms with E-state index in [2.05, 4.69) is 22.6 Å².